The molecule has 0 spiro atoms. The maximum Gasteiger partial charge on any atom is 0.317 e. The van der Waals surface area contributed by atoms with Gasteiger partial charge in [-0.2, -0.15) is 0 Å². The van der Waals surface area contributed by atoms with Crippen LogP contribution in [0.4, 0.5) is 9.18 Å². The number of carboxylic acids is 1. The van der Waals surface area contributed by atoms with E-state index in [1.54, 1.807) is 24.0 Å². The van der Waals surface area contributed by atoms with Crippen molar-refractivity contribution in [2.45, 2.75) is 26.3 Å². The topological polar surface area (TPSA) is 69.6 Å². The summed E-state index contributed by atoms with van der Waals surface area (Å²) in [6.07, 6.45) is 0.880. The van der Waals surface area contributed by atoms with Crippen molar-refractivity contribution in [2.75, 3.05) is 13.1 Å². The number of carboxylic acid groups (broad SMARTS) is 1. The van der Waals surface area contributed by atoms with Gasteiger partial charge in [-0.05, 0) is 37.5 Å². The number of carbonyl (C=O) groups excluding carboxylic acids is 1. The lowest BCUT2D eigenvalue weighted by atomic mass is 9.80. The third-order valence-electron chi connectivity index (χ3n) is 4.00. The molecule has 0 radical (unpaired) electrons. The highest BCUT2D eigenvalue weighted by Crippen LogP contribution is 2.30. The predicted molar refractivity (Wildman–Crippen MR) is 75.2 cm³/mol. The Kier molecular flexibility index (Phi) is 4.45. The van der Waals surface area contributed by atoms with Gasteiger partial charge in [0.25, 0.3) is 0 Å². The molecule has 2 N–H and O–H groups in total. The summed E-state index contributed by atoms with van der Waals surface area (Å²) >= 11 is 0. The van der Waals surface area contributed by atoms with E-state index in [1.807, 2.05) is 0 Å². The second-order valence-electron chi connectivity index (χ2n) is 5.64. The Labute approximate surface area is 122 Å². The summed E-state index contributed by atoms with van der Waals surface area (Å²) in [6, 6.07) is 5.81. The van der Waals surface area contributed by atoms with Crippen LogP contribution in [-0.2, 0) is 11.3 Å². The Morgan fingerprint density at radius 2 is 2.05 bits per heavy atom. The number of halogens is 1. The Morgan fingerprint density at radius 3 is 2.62 bits per heavy atom. The van der Waals surface area contributed by atoms with E-state index >= 15 is 0 Å². The van der Waals surface area contributed by atoms with Crippen LogP contribution in [0.5, 0.6) is 0 Å². The first-order valence-electron chi connectivity index (χ1n) is 6.91. The third-order valence-corrected chi connectivity index (χ3v) is 4.00. The maximum absolute atomic E-state index is 13.0. The lowest BCUT2D eigenvalue weighted by Gasteiger charge is -2.36. The molecule has 0 saturated carbocycles. The highest BCUT2D eigenvalue weighted by Gasteiger charge is 2.37. The lowest BCUT2D eigenvalue weighted by molar-refractivity contribution is -0.150. The molecule has 0 atom stereocenters. The van der Waals surface area contributed by atoms with Gasteiger partial charge in [0, 0.05) is 19.6 Å². The fourth-order valence-electron chi connectivity index (χ4n) is 2.35. The van der Waals surface area contributed by atoms with E-state index in [2.05, 4.69) is 5.32 Å². The van der Waals surface area contributed by atoms with Crippen molar-refractivity contribution in [2.24, 2.45) is 5.41 Å². The fraction of sp³-hybridized carbons (Fsp3) is 0.467. The minimum Gasteiger partial charge on any atom is -0.481 e. The second kappa shape index (κ2) is 6.11. The SMILES string of the molecule is CC1(C(=O)O)CCN(C(=O)NCc2cccc(F)c2)CC1. The highest BCUT2D eigenvalue weighted by molar-refractivity contribution is 5.77. The Balaban J connectivity index is 1.84. The highest BCUT2D eigenvalue weighted by atomic mass is 19.1. The number of hydrogen-bond acceptors (Lipinski definition) is 2. The molecular formula is C15H19FN2O3. The van der Waals surface area contributed by atoms with Gasteiger partial charge in [0.05, 0.1) is 5.41 Å². The molecule has 21 heavy (non-hydrogen) atoms. The summed E-state index contributed by atoms with van der Waals surface area (Å²) in [5, 5.41) is 11.9. The van der Waals surface area contributed by atoms with Gasteiger partial charge in [-0.25, -0.2) is 9.18 Å². The summed E-state index contributed by atoms with van der Waals surface area (Å²) in [5.41, 5.74) is -0.0602. The number of nitrogens with zero attached hydrogens (tertiary/aromatic N) is 1. The van der Waals surface area contributed by atoms with Crippen molar-refractivity contribution >= 4 is 12.0 Å². The first-order valence-corrected chi connectivity index (χ1v) is 6.91. The van der Waals surface area contributed by atoms with Crippen molar-refractivity contribution in [1.82, 2.24) is 10.2 Å². The molecule has 1 aromatic rings. The normalized spacial score (nSPS) is 17.3. The van der Waals surface area contributed by atoms with E-state index in [1.165, 1.54) is 12.1 Å². The van der Waals surface area contributed by atoms with Crippen molar-refractivity contribution in [3.8, 4) is 0 Å². The van der Waals surface area contributed by atoms with Crippen LogP contribution in [0.25, 0.3) is 0 Å². The van der Waals surface area contributed by atoms with Crippen LogP contribution in [0.1, 0.15) is 25.3 Å². The van der Waals surface area contributed by atoms with Crippen molar-refractivity contribution in [3.63, 3.8) is 0 Å². The first kappa shape index (κ1) is 15.3. The maximum atomic E-state index is 13.0. The molecule has 2 rings (SSSR count). The summed E-state index contributed by atoms with van der Waals surface area (Å²) in [5.74, 6) is -1.15. The van der Waals surface area contributed by atoms with Gasteiger partial charge in [-0.15, -0.1) is 0 Å². The molecule has 2 amide bonds. The van der Waals surface area contributed by atoms with Crippen molar-refractivity contribution in [3.05, 3.63) is 35.6 Å². The largest absolute Gasteiger partial charge is 0.481 e. The van der Waals surface area contributed by atoms with E-state index in [-0.39, 0.29) is 18.4 Å². The molecule has 1 aromatic carbocycles. The molecule has 0 unspecified atom stereocenters. The quantitative estimate of drug-likeness (QED) is 0.898. The number of rotatable bonds is 3. The Morgan fingerprint density at radius 1 is 1.38 bits per heavy atom. The number of urea groups is 1. The second-order valence-corrected chi connectivity index (χ2v) is 5.64. The molecule has 114 valence electrons. The van der Waals surface area contributed by atoms with Crippen LogP contribution in [0.3, 0.4) is 0 Å². The molecule has 0 bridgehead atoms. The summed E-state index contributed by atoms with van der Waals surface area (Å²) < 4.78 is 13.0. The molecule has 1 heterocycles. The van der Waals surface area contributed by atoms with E-state index in [4.69, 9.17) is 5.11 Å². The van der Waals surface area contributed by atoms with Crippen LogP contribution in [0, 0.1) is 11.2 Å². The minimum atomic E-state index is -0.817. The number of amides is 2. The molecular weight excluding hydrogens is 275 g/mol. The smallest absolute Gasteiger partial charge is 0.317 e. The Hall–Kier alpha value is -2.11. The average Bonchev–Trinajstić information content (AvgIpc) is 2.45. The summed E-state index contributed by atoms with van der Waals surface area (Å²) in [6.45, 7) is 2.79. The predicted octanol–water partition coefficient (Wildman–Crippen LogP) is 2.22. The molecule has 1 saturated heterocycles. The van der Waals surface area contributed by atoms with E-state index < -0.39 is 11.4 Å². The molecule has 1 aliphatic heterocycles. The van der Waals surface area contributed by atoms with Gasteiger partial charge in [-0.1, -0.05) is 12.1 Å². The number of benzene rings is 1. The van der Waals surface area contributed by atoms with Gasteiger partial charge < -0.3 is 15.3 Å². The summed E-state index contributed by atoms with van der Waals surface area (Å²) in [7, 11) is 0. The molecule has 6 heteroatoms. The zero-order valence-electron chi connectivity index (χ0n) is 11.9. The van der Waals surface area contributed by atoms with Gasteiger partial charge in [0.2, 0.25) is 0 Å². The monoisotopic (exact) mass is 294 g/mol. The van der Waals surface area contributed by atoms with E-state index in [9.17, 15) is 14.0 Å². The first-order chi connectivity index (χ1) is 9.90. The molecule has 1 fully saturated rings. The van der Waals surface area contributed by atoms with Crippen LogP contribution >= 0.6 is 0 Å². The molecule has 0 aliphatic carbocycles. The zero-order chi connectivity index (χ0) is 15.5. The Bertz CT molecular complexity index is 539. The van der Waals surface area contributed by atoms with Gasteiger partial charge >= 0.3 is 12.0 Å². The van der Waals surface area contributed by atoms with E-state index in [0.29, 0.717) is 31.5 Å². The zero-order valence-corrected chi connectivity index (χ0v) is 11.9. The van der Waals surface area contributed by atoms with E-state index in [0.717, 1.165) is 0 Å². The van der Waals surface area contributed by atoms with Crippen LogP contribution < -0.4 is 5.32 Å². The number of nitrogens with one attached hydrogen (secondary N) is 1. The number of hydrogen-bond donors (Lipinski definition) is 2. The fourth-order valence-corrected chi connectivity index (χ4v) is 2.35. The number of aliphatic carboxylic acids is 1. The van der Waals surface area contributed by atoms with Crippen LogP contribution in [0.2, 0.25) is 0 Å². The molecule has 1 aliphatic rings. The van der Waals surface area contributed by atoms with Crippen molar-refractivity contribution in [1.29, 1.82) is 0 Å². The van der Waals surface area contributed by atoms with Gasteiger partial charge in [0.1, 0.15) is 5.82 Å². The summed E-state index contributed by atoms with van der Waals surface area (Å²) in [4.78, 5) is 24.8. The number of likely N-dealkylation sites (tertiary alicyclic amines) is 1. The molecule has 5 nitrogen and oxygen atoms in total. The van der Waals surface area contributed by atoms with Crippen LogP contribution in [-0.4, -0.2) is 35.1 Å². The standard InChI is InChI=1S/C15H19FN2O3/c1-15(13(19)20)5-7-18(8-6-15)14(21)17-10-11-3-2-4-12(16)9-11/h2-4,9H,5-8,10H2,1H3,(H,17,21)(H,19,20). The van der Waals surface area contributed by atoms with Gasteiger partial charge in [-0.3, -0.25) is 4.79 Å². The van der Waals surface area contributed by atoms with Gasteiger partial charge in [0.15, 0.2) is 0 Å². The third kappa shape index (κ3) is 3.71. The van der Waals surface area contributed by atoms with Crippen LogP contribution in [0.15, 0.2) is 24.3 Å². The average molecular weight is 294 g/mol. The minimum absolute atomic E-state index is 0.244. The lowest BCUT2D eigenvalue weighted by Crippen LogP contribution is -2.48. The number of piperidine rings is 1. The number of carbonyl (C=O) groups is 2. The van der Waals surface area contributed by atoms with Crippen molar-refractivity contribution < 1.29 is 19.1 Å². The molecule has 0 aromatic heterocycles.